The van der Waals surface area contributed by atoms with Crippen LogP contribution in [-0.4, -0.2) is 39.0 Å². The van der Waals surface area contributed by atoms with E-state index in [1.54, 1.807) is 133 Å². The highest BCUT2D eigenvalue weighted by molar-refractivity contribution is 7.26. The van der Waals surface area contributed by atoms with E-state index in [0.717, 1.165) is 22.7 Å². The standard InChI is InChI=1S/2C51H30N4OS/c1-4-15-31(16-5-1)35-23-14-25-42-45(35)37-28-27-34(29-43(37)56-42)50-52-49(33-19-8-3-9-20-33)53-51(54-50)55-41-24-12-10-21-36(41)40-30-39(32-17-6-2-7-18-32)48-46(47(40)55)38-22-11-13-26-44(38)57-48;1-4-15-31(16-5-1)35-23-14-25-41-45(35)37-28-27-34(29-42(37)56-41)50-52-49(33-19-8-3-9-20-33)53-51(54-50)55-40-24-12-10-21-36(40)46-39(32-17-6-2-7-18-32)30-44-47(48(46)55)38-22-11-13-26-43(38)57-44/h2*1-30H/i1D,4D,5D,10D,11D,12D,13D,14D,15D,16D,21D,22D,23D,24D,25D,26D,27D,28D,29D,30D;1D,3D,4D,5D,8D,9D,10D,11D,12D,13D,15D,16D,19D,20D,21D,22D,24D,26D. The molecule has 0 atom stereocenters. The molecule has 8 aromatic heterocycles. The van der Waals surface area contributed by atoms with Gasteiger partial charge in [-0.3, -0.25) is 9.13 Å². The van der Waals surface area contributed by atoms with Crippen molar-refractivity contribution in [1.82, 2.24) is 39.0 Å². The molecule has 0 aliphatic rings. The van der Waals surface area contributed by atoms with Crippen LogP contribution in [0.3, 0.4) is 0 Å². The Hall–Kier alpha value is -14.8. The molecule has 0 saturated carbocycles. The number of nitrogens with zero attached hydrogens (tertiary/aromatic N) is 8. The van der Waals surface area contributed by atoms with E-state index in [2.05, 4.69) is 0 Å². The molecule has 0 aliphatic carbocycles. The largest absolute Gasteiger partial charge is 0.456 e. The normalized spacial score (nSPS) is 16.5. The maximum absolute atomic E-state index is 10.0. The molecule has 10 nitrogen and oxygen atoms in total. The Morgan fingerprint density at radius 2 is 0.789 bits per heavy atom. The molecule has 24 aromatic rings. The van der Waals surface area contributed by atoms with Crippen LogP contribution in [0.4, 0.5) is 0 Å². The molecule has 0 amide bonds. The summed E-state index contributed by atoms with van der Waals surface area (Å²) >= 11 is 2.07. The highest BCUT2D eigenvalue weighted by Gasteiger charge is 2.28. The minimum Gasteiger partial charge on any atom is -0.456 e. The minimum absolute atomic E-state index is 0.00174. The van der Waals surface area contributed by atoms with Crippen molar-refractivity contribution in [2.45, 2.75) is 0 Å². The third-order valence-corrected chi connectivity index (χ3v) is 21.7. The van der Waals surface area contributed by atoms with Crippen molar-refractivity contribution in [1.29, 1.82) is 0 Å². The van der Waals surface area contributed by atoms with Crippen LogP contribution in [0, 0.1) is 0 Å². The Kier molecular flexibility index (Phi) is 8.76. The molecule has 0 unspecified atom stereocenters. The van der Waals surface area contributed by atoms with E-state index in [0.29, 0.717) is 53.6 Å². The molecule has 0 spiro atoms. The number of furan rings is 2. The third-order valence-electron chi connectivity index (χ3n) is 19.5. The van der Waals surface area contributed by atoms with Gasteiger partial charge in [0.2, 0.25) is 11.9 Å². The highest BCUT2D eigenvalue weighted by Crippen LogP contribution is 2.51. The van der Waals surface area contributed by atoms with Gasteiger partial charge in [0, 0.05) is 111 Å². The second kappa shape index (κ2) is 26.5. The Morgan fingerprint density at radius 1 is 0.254 bits per heavy atom. The van der Waals surface area contributed by atoms with Gasteiger partial charge in [0.15, 0.2) is 23.3 Å². The summed E-state index contributed by atoms with van der Waals surface area (Å²) in [5.41, 5.74) is -0.146. The number of rotatable bonds is 10. The summed E-state index contributed by atoms with van der Waals surface area (Å²) in [6.07, 6.45) is 0. The van der Waals surface area contributed by atoms with Gasteiger partial charge in [0.05, 0.1) is 74.2 Å². The first kappa shape index (κ1) is 37.7. The van der Waals surface area contributed by atoms with Gasteiger partial charge >= 0.3 is 0 Å². The Bertz CT molecular complexity index is 10400. The molecular weight excluding hydrogens is 1430 g/mol. The smallest absolute Gasteiger partial charge is 0.238 e. The number of benzene rings is 16. The summed E-state index contributed by atoms with van der Waals surface area (Å²) in [6, 6.07) is 14.8. The predicted octanol–water partition coefficient (Wildman–Crippen LogP) is 27.8. The van der Waals surface area contributed by atoms with Crippen LogP contribution in [0.15, 0.2) is 372 Å². The van der Waals surface area contributed by atoms with Crippen molar-refractivity contribution in [3.63, 3.8) is 0 Å². The molecule has 8 heterocycles. The zero-order chi connectivity index (χ0) is 108. The average molecular weight is 1530 g/mol. The quantitative estimate of drug-likeness (QED) is 0.133. The van der Waals surface area contributed by atoms with Gasteiger partial charge < -0.3 is 8.83 Å². The van der Waals surface area contributed by atoms with Crippen molar-refractivity contribution in [2.24, 2.45) is 0 Å². The van der Waals surface area contributed by atoms with E-state index in [1.165, 1.54) is 9.13 Å². The fourth-order valence-corrected chi connectivity index (χ4v) is 16.9. The first-order valence-corrected chi connectivity index (χ1v) is 36.6. The van der Waals surface area contributed by atoms with Gasteiger partial charge in [0.1, 0.15) is 22.3 Å². The maximum atomic E-state index is 10.0. The van der Waals surface area contributed by atoms with E-state index in [1.807, 2.05) is 0 Å². The fraction of sp³-hybridized carbons (Fsp3) is 0. The topological polar surface area (TPSA) is 113 Å². The number of aromatic nitrogens is 8. The molecule has 0 saturated heterocycles. The molecule has 0 aliphatic heterocycles. The summed E-state index contributed by atoms with van der Waals surface area (Å²) < 4.78 is 356. The van der Waals surface area contributed by atoms with Crippen LogP contribution in [0.25, 0.3) is 230 Å². The Morgan fingerprint density at radius 3 is 1.48 bits per heavy atom. The predicted molar refractivity (Wildman–Crippen MR) is 472 cm³/mol. The van der Waals surface area contributed by atoms with E-state index in [-0.39, 0.29) is 143 Å². The molecule has 0 N–H and O–H groups in total. The number of hydrogen-bond donors (Lipinski definition) is 0. The molecule has 12 heteroatoms. The molecule has 16 aromatic carbocycles. The summed E-state index contributed by atoms with van der Waals surface area (Å²) in [5.74, 6) is -2.02. The summed E-state index contributed by atoms with van der Waals surface area (Å²) in [6.45, 7) is 0. The van der Waals surface area contributed by atoms with Crippen LogP contribution < -0.4 is 0 Å². The summed E-state index contributed by atoms with van der Waals surface area (Å²) in [4.78, 5) is 29.0. The number of hydrogen-bond acceptors (Lipinski definition) is 10. The van der Waals surface area contributed by atoms with Crippen LogP contribution in [0.1, 0.15) is 52.1 Å². The van der Waals surface area contributed by atoms with Crippen LogP contribution in [0.5, 0.6) is 0 Å². The zero-order valence-corrected chi connectivity index (χ0v) is 59.5. The Labute approximate surface area is 713 Å². The first-order valence-electron chi connectivity index (χ1n) is 53.9. The van der Waals surface area contributed by atoms with Gasteiger partial charge in [-0.25, -0.2) is 9.97 Å². The first-order chi connectivity index (χ1) is 72.3. The van der Waals surface area contributed by atoms with Crippen molar-refractivity contribution in [3.8, 4) is 102 Å². The molecule has 0 bridgehead atoms. The third kappa shape index (κ3) is 10.6. The second-order valence-electron chi connectivity index (χ2n) is 25.8. The van der Waals surface area contributed by atoms with Crippen LogP contribution in [0.2, 0.25) is 0 Å². The van der Waals surface area contributed by atoms with Crippen molar-refractivity contribution in [3.05, 3.63) is 363 Å². The number of fused-ring (bicyclic) bond motifs is 20. The SMILES string of the molecule is [2H]c1c([2H])c([2H])c(-c2c([2H])c([2H])c([2H])c3oc4c([2H])c(-c5nc(-c6ccccc6)nc(-n6c7c([2H])c([2H])c([2H])c([2H])c7c7c([2H])c(-c8ccccc8)c8sc9c([2H])c([2H])c([2H])c([2H])c9c8c76)n5)c([2H])c([2H])c4c23)c([2H])c1[2H].[2H]c1c([2H])c([2H])c(-c2nc(-c3ccc4c(c3)oc3cccc(-c5c([2H])c([2H])c([2H])c([2H])c5[2H])c34)nc(-n3c4c([2H])c([2H])c([2H])c([2H])c4c4c(-c5ccccc5)cc5sc6c([2H])c([2H])c([2H])c([2H])c6c5c43)n2)c([2H])c1[2H]. The molecule has 0 radical (unpaired) electrons. The van der Waals surface area contributed by atoms with Crippen molar-refractivity contribution >= 4 is 151 Å². The lowest BCUT2D eigenvalue weighted by Crippen LogP contribution is -2.06. The summed E-state index contributed by atoms with van der Waals surface area (Å²) in [7, 11) is 0. The van der Waals surface area contributed by atoms with Gasteiger partial charge in [-0.05, 0) is 112 Å². The van der Waals surface area contributed by atoms with E-state index >= 15 is 0 Å². The molecule has 24 rings (SSSR count). The lowest BCUT2D eigenvalue weighted by Gasteiger charge is -2.12. The number of para-hydroxylation sites is 2. The average Bonchev–Trinajstić information content (AvgIpc) is 1.52. The summed E-state index contributed by atoms with van der Waals surface area (Å²) in [5, 5.41) is 0.649. The van der Waals surface area contributed by atoms with Crippen LogP contribution >= 0.6 is 22.7 Å². The van der Waals surface area contributed by atoms with Crippen molar-refractivity contribution in [2.75, 3.05) is 0 Å². The molecule has 114 heavy (non-hydrogen) atoms. The molecular formula is C102H60N8O2S2. The maximum Gasteiger partial charge on any atom is 0.238 e. The van der Waals surface area contributed by atoms with Crippen LogP contribution in [-0.2, 0) is 0 Å². The van der Waals surface area contributed by atoms with Crippen molar-refractivity contribution < 1.29 is 60.9 Å². The fourth-order valence-electron chi connectivity index (χ4n) is 14.7. The lowest BCUT2D eigenvalue weighted by atomic mass is 9.97. The van der Waals surface area contributed by atoms with E-state index in [4.69, 9.17) is 77.1 Å². The molecule has 532 valence electrons. The van der Waals surface area contributed by atoms with Gasteiger partial charge in [-0.2, -0.15) is 19.9 Å². The van der Waals surface area contributed by atoms with Gasteiger partial charge in [0.25, 0.3) is 0 Å². The number of thiophene rings is 2. The van der Waals surface area contributed by atoms with E-state index in [9.17, 15) is 13.7 Å². The Balaban J connectivity index is 0.000000166. The zero-order valence-electron chi connectivity index (χ0n) is 95.9. The lowest BCUT2D eigenvalue weighted by molar-refractivity contribution is 0.668. The highest BCUT2D eigenvalue weighted by atomic mass is 32.1. The van der Waals surface area contributed by atoms with Gasteiger partial charge in [-0.15, -0.1) is 22.7 Å². The molecule has 0 fully saturated rings. The van der Waals surface area contributed by atoms with E-state index < -0.39 is 263 Å². The van der Waals surface area contributed by atoms with Gasteiger partial charge in [-0.1, -0.05) is 290 Å². The minimum atomic E-state index is -0.773. The monoisotopic (exact) mass is 1530 g/mol. The second-order valence-corrected chi connectivity index (χ2v) is 27.9.